The number of nitrogens with one attached hydrogen (secondary N) is 2. The number of aliphatic hydroxyl groups is 1. The molecular weight excluding hydrogens is 507 g/mol. The summed E-state index contributed by atoms with van der Waals surface area (Å²) in [4.78, 5) is 7.55. The molecular formula is C23H27IN4OS. The SMILES string of the molecule is CN=C(NCc1ccc(N2CC=CC2)cc1)NCC(O)c1cc2ccccc2s1.I. The summed E-state index contributed by atoms with van der Waals surface area (Å²) in [5.41, 5.74) is 2.43. The molecule has 1 aliphatic rings. The zero-order valence-electron chi connectivity index (χ0n) is 16.9. The standard InChI is InChI=1S/C23H26N4OS.HI/c1-24-23(25-15-17-8-10-19(11-9-17)27-12-4-5-13-27)26-16-20(28)22-14-18-6-2-3-7-21(18)29-22;/h2-11,14,20,28H,12-13,15-16H2,1H3,(H2,24,25,26);1H. The summed E-state index contributed by atoms with van der Waals surface area (Å²) in [5, 5.41) is 18.2. The zero-order valence-corrected chi connectivity index (χ0v) is 20.1. The minimum absolute atomic E-state index is 0. The van der Waals surface area contributed by atoms with E-state index in [-0.39, 0.29) is 24.0 Å². The summed E-state index contributed by atoms with van der Waals surface area (Å²) in [5.74, 6) is 0.679. The number of hydrogen-bond donors (Lipinski definition) is 3. The largest absolute Gasteiger partial charge is 0.386 e. The van der Waals surface area contributed by atoms with Gasteiger partial charge in [-0.05, 0) is 35.2 Å². The molecule has 0 fully saturated rings. The summed E-state index contributed by atoms with van der Waals surface area (Å²) < 4.78 is 1.19. The molecule has 1 aliphatic heterocycles. The second-order valence-corrected chi connectivity index (χ2v) is 8.17. The van der Waals surface area contributed by atoms with Gasteiger partial charge < -0.3 is 20.6 Å². The van der Waals surface area contributed by atoms with E-state index in [1.54, 1.807) is 18.4 Å². The quantitative estimate of drug-likeness (QED) is 0.191. The fourth-order valence-electron chi connectivity index (χ4n) is 3.38. The van der Waals surface area contributed by atoms with Gasteiger partial charge in [0.05, 0.1) is 0 Å². The highest BCUT2D eigenvalue weighted by molar-refractivity contribution is 14.0. The second kappa shape index (κ2) is 10.8. The first-order chi connectivity index (χ1) is 14.2. The number of rotatable bonds is 6. The highest BCUT2D eigenvalue weighted by Crippen LogP contribution is 2.29. The van der Waals surface area contributed by atoms with E-state index in [0.29, 0.717) is 19.0 Å². The van der Waals surface area contributed by atoms with E-state index in [0.717, 1.165) is 18.0 Å². The van der Waals surface area contributed by atoms with Gasteiger partial charge in [0.2, 0.25) is 0 Å². The monoisotopic (exact) mass is 534 g/mol. The van der Waals surface area contributed by atoms with Crippen molar-refractivity contribution < 1.29 is 5.11 Å². The van der Waals surface area contributed by atoms with Crippen LogP contribution in [0.1, 0.15) is 16.5 Å². The van der Waals surface area contributed by atoms with Crippen LogP contribution in [0, 0.1) is 0 Å². The molecule has 1 unspecified atom stereocenters. The summed E-state index contributed by atoms with van der Waals surface area (Å²) in [7, 11) is 1.74. The number of aliphatic imine (C=N–C) groups is 1. The third-order valence-electron chi connectivity index (χ3n) is 5.04. The molecule has 2 aromatic carbocycles. The van der Waals surface area contributed by atoms with Gasteiger partial charge in [0.25, 0.3) is 0 Å². The average Bonchev–Trinajstić information content (AvgIpc) is 3.44. The molecule has 1 aromatic heterocycles. The zero-order chi connectivity index (χ0) is 20.1. The van der Waals surface area contributed by atoms with Gasteiger partial charge in [-0.25, -0.2) is 0 Å². The third kappa shape index (κ3) is 5.53. The Balaban J connectivity index is 0.00000256. The molecule has 7 heteroatoms. The highest BCUT2D eigenvalue weighted by Gasteiger charge is 2.12. The fourth-order valence-corrected chi connectivity index (χ4v) is 4.43. The molecule has 0 spiro atoms. The Hall–Kier alpha value is -2.10. The maximum Gasteiger partial charge on any atom is 0.191 e. The second-order valence-electron chi connectivity index (χ2n) is 7.05. The Labute approximate surface area is 198 Å². The van der Waals surface area contributed by atoms with E-state index in [9.17, 15) is 5.11 Å². The van der Waals surface area contributed by atoms with Crippen LogP contribution < -0.4 is 15.5 Å². The lowest BCUT2D eigenvalue weighted by molar-refractivity contribution is 0.184. The van der Waals surface area contributed by atoms with Crippen LogP contribution in [0.2, 0.25) is 0 Å². The molecule has 0 bridgehead atoms. The number of nitrogens with zero attached hydrogens (tertiary/aromatic N) is 2. The van der Waals surface area contributed by atoms with E-state index in [2.05, 4.69) is 75.1 Å². The number of guanidine groups is 1. The topological polar surface area (TPSA) is 59.9 Å². The number of hydrogen-bond acceptors (Lipinski definition) is 4. The lowest BCUT2D eigenvalue weighted by Crippen LogP contribution is -2.38. The Kier molecular flexibility index (Phi) is 8.12. The first-order valence-corrected chi connectivity index (χ1v) is 10.6. The lowest BCUT2D eigenvalue weighted by atomic mass is 10.2. The molecule has 2 heterocycles. The minimum atomic E-state index is -0.570. The summed E-state index contributed by atoms with van der Waals surface area (Å²) >= 11 is 1.63. The van der Waals surface area contributed by atoms with Gasteiger partial charge in [0.15, 0.2) is 5.96 Å². The van der Waals surface area contributed by atoms with Crippen LogP contribution in [0.5, 0.6) is 0 Å². The molecule has 0 amide bonds. The van der Waals surface area contributed by atoms with Crippen LogP contribution in [0.25, 0.3) is 10.1 Å². The van der Waals surface area contributed by atoms with Crippen molar-refractivity contribution >= 4 is 57.0 Å². The Morgan fingerprint density at radius 2 is 1.83 bits per heavy atom. The predicted octanol–water partition coefficient (Wildman–Crippen LogP) is 4.29. The third-order valence-corrected chi connectivity index (χ3v) is 6.26. The number of aliphatic hydroxyl groups excluding tert-OH is 1. The van der Waals surface area contributed by atoms with Crippen molar-refractivity contribution in [3.63, 3.8) is 0 Å². The smallest absolute Gasteiger partial charge is 0.191 e. The van der Waals surface area contributed by atoms with E-state index >= 15 is 0 Å². The van der Waals surface area contributed by atoms with Gasteiger partial charge in [0, 0.05) is 48.5 Å². The Morgan fingerprint density at radius 1 is 1.10 bits per heavy atom. The summed E-state index contributed by atoms with van der Waals surface area (Å²) in [6.45, 7) is 3.05. The fraction of sp³-hybridized carbons (Fsp3) is 0.261. The number of fused-ring (bicyclic) bond motifs is 1. The van der Waals surface area contributed by atoms with Crippen LogP contribution in [0.4, 0.5) is 5.69 Å². The van der Waals surface area contributed by atoms with Gasteiger partial charge in [-0.3, -0.25) is 4.99 Å². The lowest BCUT2D eigenvalue weighted by Gasteiger charge is -2.18. The first kappa shape index (κ1) is 22.6. The van der Waals surface area contributed by atoms with Crippen molar-refractivity contribution in [2.75, 3.05) is 31.6 Å². The van der Waals surface area contributed by atoms with Crippen molar-refractivity contribution in [3.8, 4) is 0 Å². The summed E-state index contributed by atoms with van der Waals surface area (Å²) in [6.07, 6.45) is 3.82. The number of anilines is 1. The van der Waals surface area contributed by atoms with Gasteiger partial charge in [0.1, 0.15) is 6.10 Å². The van der Waals surface area contributed by atoms with Crippen LogP contribution in [0.3, 0.4) is 0 Å². The molecule has 4 rings (SSSR count). The molecule has 0 aliphatic carbocycles. The van der Waals surface area contributed by atoms with Gasteiger partial charge in [-0.2, -0.15) is 0 Å². The summed E-state index contributed by atoms with van der Waals surface area (Å²) in [6, 6.07) is 18.8. The van der Waals surface area contributed by atoms with Crippen molar-refractivity contribution in [2.24, 2.45) is 4.99 Å². The van der Waals surface area contributed by atoms with Crippen LogP contribution in [-0.2, 0) is 6.54 Å². The van der Waals surface area contributed by atoms with Crippen LogP contribution >= 0.6 is 35.3 Å². The first-order valence-electron chi connectivity index (χ1n) is 9.83. The number of benzene rings is 2. The molecule has 3 aromatic rings. The predicted molar refractivity (Wildman–Crippen MR) is 138 cm³/mol. The van der Waals surface area contributed by atoms with Crippen LogP contribution in [-0.4, -0.2) is 37.7 Å². The Morgan fingerprint density at radius 3 is 2.53 bits per heavy atom. The Bertz CT molecular complexity index is 974. The van der Waals surface area contributed by atoms with Crippen molar-refractivity contribution in [3.05, 3.63) is 77.2 Å². The van der Waals surface area contributed by atoms with E-state index in [1.807, 2.05) is 12.1 Å². The molecule has 1 atom stereocenters. The minimum Gasteiger partial charge on any atom is -0.386 e. The van der Waals surface area contributed by atoms with E-state index < -0.39 is 6.10 Å². The molecule has 0 saturated heterocycles. The highest BCUT2D eigenvalue weighted by atomic mass is 127. The number of thiophene rings is 1. The normalized spacial score (nSPS) is 14.6. The maximum absolute atomic E-state index is 10.5. The molecule has 30 heavy (non-hydrogen) atoms. The van der Waals surface area contributed by atoms with Crippen molar-refractivity contribution in [2.45, 2.75) is 12.6 Å². The molecule has 3 N–H and O–H groups in total. The van der Waals surface area contributed by atoms with Crippen molar-refractivity contribution in [1.29, 1.82) is 0 Å². The van der Waals surface area contributed by atoms with Gasteiger partial charge >= 0.3 is 0 Å². The molecule has 0 radical (unpaired) electrons. The van der Waals surface area contributed by atoms with E-state index in [1.165, 1.54) is 21.3 Å². The average molecular weight is 534 g/mol. The number of halogens is 1. The van der Waals surface area contributed by atoms with Crippen molar-refractivity contribution in [1.82, 2.24) is 10.6 Å². The van der Waals surface area contributed by atoms with Crippen LogP contribution in [0.15, 0.2) is 71.7 Å². The van der Waals surface area contributed by atoms with E-state index in [4.69, 9.17) is 0 Å². The van der Waals surface area contributed by atoms with Gasteiger partial charge in [-0.15, -0.1) is 35.3 Å². The van der Waals surface area contributed by atoms with Gasteiger partial charge in [-0.1, -0.05) is 42.5 Å². The maximum atomic E-state index is 10.5. The molecule has 5 nitrogen and oxygen atoms in total. The molecule has 158 valence electrons. The molecule has 0 saturated carbocycles.